The second-order valence-corrected chi connectivity index (χ2v) is 7.03. The van der Waals surface area contributed by atoms with Crippen LogP contribution in [0.3, 0.4) is 0 Å². The molecule has 0 radical (unpaired) electrons. The number of nitrogens with zero attached hydrogens (tertiary/aromatic N) is 1. The SMILES string of the molecule is COc1ccc(CCNc2c3c(nc4ccc(OC)cc24)CCCC3)cc1. The first-order valence-electron chi connectivity index (χ1n) is 9.65. The Bertz CT molecular complexity index is 935. The molecule has 0 amide bonds. The molecule has 4 heteroatoms. The first-order valence-corrected chi connectivity index (χ1v) is 9.65. The van der Waals surface area contributed by atoms with Gasteiger partial charge in [0.2, 0.25) is 0 Å². The fourth-order valence-electron chi connectivity index (χ4n) is 3.86. The second kappa shape index (κ2) is 7.87. The summed E-state index contributed by atoms with van der Waals surface area (Å²) in [7, 11) is 3.41. The molecule has 0 spiro atoms. The van der Waals surface area contributed by atoms with Crippen molar-refractivity contribution in [3.8, 4) is 11.5 Å². The van der Waals surface area contributed by atoms with Gasteiger partial charge in [0.15, 0.2) is 0 Å². The fourth-order valence-corrected chi connectivity index (χ4v) is 3.86. The Hall–Kier alpha value is -2.75. The molecule has 1 N–H and O–H groups in total. The number of benzene rings is 2. The number of methoxy groups -OCH3 is 2. The summed E-state index contributed by atoms with van der Waals surface area (Å²) in [5.41, 5.74) is 6.22. The van der Waals surface area contributed by atoms with Crippen LogP contribution >= 0.6 is 0 Å². The van der Waals surface area contributed by atoms with Gasteiger partial charge in [-0.2, -0.15) is 0 Å². The van der Waals surface area contributed by atoms with Gasteiger partial charge in [-0.15, -0.1) is 0 Å². The van der Waals surface area contributed by atoms with Crippen LogP contribution in [0.2, 0.25) is 0 Å². The van der Waals surface area contributed by atoms with Crippen LogP contribution < -0.4 is 14.8 Å². The van der Waals surface area contributed by atoms with Crippen LogP contribution in [-0.4, -0.2) is 25.7 Å². The summed E-state index contributed by atoms with van der Waals surface area (Å²) in [6.07, 6.45) is 5.60. The number of fused-ring (bicyclic) bond motifs is 2. The number of rotatable bonds is 6. The van der Waals surface area contributed by atoms with E-state index in [-0.39, 0.29) is 0 Å². The molecule has 1 aliphatic carbocycles. The third kappa shape index (κ3) is 3.70. The van der Waals surface area contributed by atoms with Gasteiger partial charge in [0.1, 0.15) is 11.5 Å². The summed E-state index contributed by atoms with van der Waals surface area (Å²) in [4.78, 5) is 4.93. The maximum Gasteiger partial charge on any atom is 0.119 e. The van der Waals surface area contributed by atoms with E-state index in [1.54, 1.807) is 14.2 Å². The zero-order valence-corrected chi connectivity index (χ0v) is 16.0. The largest absolute Gasteiger partial charge is 0.497 e. The number of anilines is 1. The van der Waals surface area contributed by atoms with Crippen molar-refractivity contribution in [3.63, 3.8) is 0 Å². The van der Waals surface area contributed by atoms with Crippen molar-refractivity contribution in [1.82, 2.24) is 4.98 Å². The standard InChI is InChI=1S/C23H26N2O2/c1-26-17-9-7-16(8-10-17)13-14-24-23-19-5-3-4-6-21(19)25-22-12-11-18(27-2)15-20(22)23/h7-12,15H,3-6,13-14H2,1-2H3,(H,24,25). The number of pyridine rings is 1. The monoisotopic (exact) mass is 362 g/mol. The Morgan fingerprint density at radius 2 is 1.67 bits per heavy atom. The quantitative estimate of drug-likeness (QED) is 0.685. The summed E-state index contributed by atoms with van der Waals surface area (Å²) >= 11 is 0. The van der Waals surface area contributed by atoms with Crippen LogP contribution in [-0.2, 0) is 19.3 Å². The van der Waals surface area contributed by atoms with Crippen molar-refractivity contribution in [2.24, 2.45) is 0 Å². The zero-order valence-electron chi connectivity index (χ0n) is 16.0. The van der Waals surface area contributed by atoms with Crippen LogP contribution in [0.25, 0.3) is 10.9 Å². The predicted octanol–water partition coefficient (Wildman–Crippen LogP) is 4.79. The van der Waals surface area contributed by atoms with E-state index in [4.69, 9.17) is 14.5 Å². The molecule has 27 heavy (non-hydrogen) atoms. The molecule has 0 fully saturated rings. The third-order valence-corrected chi connectivity index (χ3v) is 5.34. The van der Waals surface area contributed by atoms with Crippen LogP contribution in [0.5, 0.6) is 11.5 Å². The Labute approximate surface area is 160 Å². The number of aromatic nitrogens is 1. The van der Waals surface area contributed by atoms with E-state index < -0.39 is 0 Å². The first-order chi connectivity index (χ1) is 13.3. The average molecular weight is 362 g/mol. The van der Waals surface area contributed by atoms with Gasteiger partial charge in [0.05, 0.1) is 19.7 Å². The van der Waals surface area contributed by atoms with Crippen molar-refractivity contribution in [3.05, 3.63) is 59.3 Å². The number of hydrogen-bond donors (Lipinski definition) is 1. The van der Waals surface area contributed by atoms with E-state index in [1.165, 1.54) is 35.3 Å². The van der Waals surface area contributed by atoms with E-state index in [9.17, 15) is 0 Å². The van der Waals surface area contributed by atoms with E-state index in [0.717, 1.165) is 48.2 Å². The average Bonchev–Trinajstić information content (AvgIpc) is 2.73. The van der Waals surface area contributed by atoms with Crippen LogP contribution in [0, 0.1) is 0 Å². The lowest BCUT2D eigenvalue weighted by atomic mass is 9.92. The van der Waals surface area contributed by atoms with Gasteiger partial charge < -0.3 is 14.8 Å². The molecular formula is C23H26N2O2. The molecule has 2 aromatic carbocycles. The molecule has 0 bridgehead atoms. The number of nitrogens with one attached hydrogen (secondary N) is 1. The number of aryl methyl sites for hydroxylation is 1. The first kappa shape index (κ1) is 17.7. The van der Waals surface area contributed by atoms with Crippen molar-refractivity contribution >= 4 is 16.6 Å². The third-order valence-electron chi connectivity index (χ3n) is 5.34. The van der Waals surface area contributed by atoms with Crippen molar-refractivity contribution in [1.29, 1.82) is 0 Å². The van der Waals surface area contributed by atoms with Gasteiger partial charge in [0.25, 0.3) is 0 Å². The van der Waals surface area contributed by atoms with Crippen molar-refractivity contribution < 1.29 is 9.47 Å². The van der Waals surface area contributed by atoms with Gasteiger partial charge in [-0.05, 0) is 73.6 Å². The second-order valence-electron chi connectivity index (χ2n) is 7.03. The van der Waals surface area contributed by atoms with Gasteiger partial charge >= 0.3 is 0 Å². The van der Waals surface area contributed by atoms with Crippen LogP contribution in [0.1, 0.15) is 29.7 Å². The van der Waals surface area contributed by atoms with E-state index in [0.29, 0.717) is 0 Å². The lowest BCUT2D eigenvalue weighted by Gasteiger charge is -2.22. The van der Waals surface area contributed by atoms with Crippen LogP contribution in [0.4, 0.5) is 5.69 Å². The minimum Gasteiger partial charge on any atom is -0.497 e. The Balaban J connectivity index is 1.62. The van der Waals surface area contributed by atoms with E-state index in [2.05, 4.69) is 29.6 Å². The molecule has 0 saturated carbocycles. The number of ether oxygens (including phenoxy) is 2. The van der Waals surface area contributed by atoms with Gasteiger partial charge in [-0.3, -0.25) is 4.98 Å². The highest BCUT2D eigenvalue weighted by Gasteiger charge is 2.18. The molecule has 4 nitrogen and oxygen atoms in total. The molecule has 1 aliphatic rings. The maximum absolute atomic E-state index is 5.45. The zero-order chi connectivity index (χ0) is 18.6. The molecule has 4 rings (SSSR count). The molecule has 0 atom stereocenters. The minimum atomic E-state index is 0.873. The topological polar surface area (TPSA) is 43.4 Å². The minimum absolute atomic E-state index is 0.873. The Morgan fingerprint density at radius 3 is 2.44 bits per heavy atom. The van der Waals surface area contributed by atoms with Crippen molar-refractivity contribution in [2.45, 2.75) is 32.1 Å². The Kier molecular flexibility index (Phi) is 5.14. The summed E-state index contributed by atoms with van der Waals surface area (Å²) in [5, 5.41) is 4.87. The molecule has 1 aromatic heterocycles. The number of hydrogen-bond acceptors (Lipinski definition) is 4. The van der Waals surface area contributed by atoms with Crippen molar-refractivity contribution in [2.75, 3.05) is 26.1 Å². The van der Waals surface area contributed by atoms with Gasteiger partial charge in [0, 0.05) is 23.3 Å². The lowest BCUT2D eigenvalue weighted by molar-refractivity contribution is 0.414. The summed E-state index contributed by atoms with van der Waals surface area (Å²) in [5.74, 6) is 1.77. The van der Waals surface area contributed by atoms with Crippen LogP contribution in [0.15, 0.2) is 42.5 Å². The maximum atomic E-state index is 5.45. The molecule has 0 unspecified atom stereocenters. The highest BCUT2D eigenvalue weighted by molar-refractivity contribution is 5.94. The summed E-state index contributed by atoms with van der Waals surface area (Å²) in [6.45, 7) is 0.884. The molecule has 3 aromatic rings. The molecule has 0 saturated heterocycles. The highest BCUT2D eigenvalue weighted by Crippen LogP contribution is 2.35. The molecule has 1 heterocycles. The van der Waals surface area contributed by atoms with E-state index in [1.807, 2.05) is 18.2 Å². The normalized spacial score (nSPS) is 13.3. The van der Waals surface area contributed by atoms with Gasteiger partial charge in [-0.1, -0.05) is 12.1 Å². The van der Waals surface area contributed by atoms with Gasteiger partial charge in [-0.25, -0.2) is 0 Å². The smallest absolute Gasteiger partial charge is 0.119 e. The van der Waals surface area contributed by atoms with E-state index >= 15 is 0 Å². The highest BCUT2D eigenvalue weighted by atomic mass is 16.5. The molecule has 140 valence electrons. The summed E-state index contributed by atoms with van der Waals surface area (Å²) < 4.78 is 10.7. The lowest BCUT2D eigenvalue weighted by Crippen LogP contribution is -2.13. The summed E-state index contributed by atoms with van der Waals surface area (Å²) in [6, 6.07) is 14.5. The fraction of sp³-hybridized carbons (Fsp3) is 0.348. The Morgan fingerprint density at radius 1 is 0.926 bits per heavy atom. The molecular weight excluding hydrogens is 336 g/mol. The predicted molar refractivity (Wildman–Crippen MR) is 110 cm³/mol. The molecule has 0 aliphatic heterocycles.